The molecule has 0 aliphatic carbocycles. The van der Waals surface area contributed by atoms with Crippen molar-refractivity contribution in [1.29, 1.82) is 0 Å². The second kappa shape index (κ2) is 6.66. The van der Waals surface area contributed by atoms with Gasteiger partial charge in [0, 0.05) is 6.04 Å². The van der Waals surface area contributed by atoms with E-state index in [9.17, 15) is 9.18 Å². The van der Waals surface area contributed by atoms with Gasteiger partial charge in [0.2, 0.25) is 0 Å². The van der Waals surface area contributed by atoms with Crippen molar-refractivity contribution in [2.75, 3.05) is 20.7 Å². The summed E-state index contributed by atoms with van der Waals surface area (Å²) in [7, 11) is 3.37. The Hall–Kier alpha value is -1.42. The average molecular weight is 267 g/mol. The minimum absolute atomic E-state index is 0.133. The van der Waals surface area contributed by atoms with Crippen LogP contribution < -0.4 is 4.74 Å². The molecule has 3 nitrogen and oxygen atoms in total. The number of ether oxygens (including phenoxy) is 1. The van der Waals surface area contributed by atoms with Crippen LogP contribution in [0.2, 0.25) is 0 Å². The van der Waals surface area contributed by atoms with Crippen molar-refractivity contribution in [2.24, 2.45) is 5.92 Å². The highest BCUT2D eigenvalue weighted by Gasteiger charge is 2.19. The molecule has 19 heavy (non-hydrogen) atoms. The number of carbonyl (C=O) groups excluding carboxylic acids is 1. The molecule has 0 aromatic heterocycles. The normalized spacial score (nSPS) is 12.8. The van der Waals surface area contributed by atoms with Gasteiger partial charge in [-0.1, -0.05) is 13.8 Å². The summed E-state index contributed by atoms with van der Waals surface area (Å²) in [6.07, 6.45) is 0. The van der Waals surface area contributed by atoms with Crippen LogP contribution in [-0.2, 0) is 0 Å². The van der Waals surface area contributed by atoms with Crippen LogP contribution in [0.1, 0.15) is 31.1 Å². The molecule has 1 aromatic carbocycles. The summed E-state index contributed by atoms with van der Waals surface area (Å²) < 4.78 is 18.4. The van der Waals surface area contributed by atoms with E-state index in [1.54, 1.807) is 0 Å². The van der Waals surface area contributed by atoms with Crippen molar-refractivity contribution >= 4 is 5.78 Å². The Labute approximate surface area is 114 Å². The maximum atomic E-state index is 13.2. The Morgan fingerprint density at radius 1 is 1.37 bits per heavy atom. The molecular formula is C15H22FNO2. The average Bonchev–Trinajstić information content (AvgIpc) is 2.37. The highest BCUT2D eigenvalue weighted by molar-refractivity contribution is 6.00. The van der Waals surface area contributed by atoms with E-state index in [0.29, 0.717) is 17.2 Å². The van der Waals surface area contributed by atoms with Crippen LogP contribution in [0.25, 0.3) is 0 Å². The number of halogens is 1. The van der Waals surface area contributed by atoms with Crippen LogP contribution in [0.5, 0.6) is 5.75 Å². The first-order chi connectivity index (χ1) is 8.86. The standard InChI is InChI=1S/C15H22FNO2/c1-10(2)11(3)17(4)9-14(18)13-8-12(16)6-7-15(13)19-5/h6-8,10-11H,9H2,1-5H3. The maximum Gasteiger partial charge on any atom is 0.180 e. The zero-order valence-corrected chi connectivity index (χ0v) is 12.2. The van der Waals surface area contributed by atoms with Gasteiger partial charge in [-0.25, -0.2) is 4.39 Å². The molecule has 0 aliphatic rings. The third kappa shape index (κ3) is 4.03. The first-order valence-corrected chi connectivity index (χ1v) is 6.43. The van der Waals surface area contributed by atoms with Crippen molar-refractivity contribution in [3.05, 3.63) is 29.6 Å². The smallest absolute Gasteiger partial charge is 0.180 e. The SMILES string of the molecule is COc1ccc(F)cc1C(=O)CN(C)C(C)C(C)C. The zero-order chi connectivity index (χ0) is 14.6. The van der Waals surface area contributed by atoms with Crippen molar-refractivity contribution in [3.63, 3.8) is 0 Å². The molecule has 0 spiro atoms. The Morgan fingerprint density at radius 2 is 2.00 bits per heavy atom. The highest BCUT2D eigenvalue weighted by Crippen LogP contribution is 2.20. The minimum Gasteiger partial charge on any atom is -0.496 e. The van der Waals surface area contributed by atoms with Crippen LogP contribution in [-0.4, -0.2) is 37.4 Å². The number of likely N-dealkylation sites (N-methyl/N-ethyl adjacent to an activating group) is 1. The molecule has 1 atom stereocenters. The summed E-state index contributed by atoms with van der Waals surface area (Å²) in [4.78, 5) is 14.2. The van der Waals surface area contributed by atoms with E-state index in [4.69, 9.17) is 4.74 Å². The number of rotatable bonds is 6. The fraction of sp³-hybridized carbons (Fsp3) is 0.533. The lowest BCUT2D eigenvalue weighted by Gasteiger charge is -2.27. The van der Waals surface area contributed by atoms with Crippen molar-refractivity contribution in [1.82, 2.24) is 4.90 Å². The predicted molar refractivity (Wildman–Crippen MR) is 74.2 cm³/mol. The van der Waals surface area contributed by atoms with Gasteiger partial charge >= 0.3 is 0 Å². The minimum atomic E-state index is -0.427. The molecule has 0 fully saturated rings. The highest BCUT2D eigenvalue weighted by atomic mass is 19.1. The lowest BCUT2D eigenvalue weighted by Crippen LogP contribution is -2.37. The molecule has 0 N–H and O–H groups in total. The van der Waals surface area contributed by atoms with Crippen molar-refractivity contribution in [2.45, 2.75) is 26.8 Å². The van der Waals surface area contributed by atoms with Gasteiger partial charge < -0.3 is 4.74 Å². The Bertz CT molecular complexity index is 446. The number of hydrogen-bond donors (Lipinski definition) is 0. The second-order valence-corrected chi connectivity index (χ2v) is 5.17. The molecule has 0 amide bonds. The van der Waals surface area contributed by atoms with Gasteiger partial charge in [-0.15, -0.1) is 0 Å². The van der Waals surface area contributed by atoms with E-state index in [0.717, 1.165) is 0 Å². The monoisotopic (exact) mass is 267 g/mol. The fourth-order valence-electron chi connectivity index (χ4n) is 1.86. The topological polar surface area (TPSA) is 29.5 Å². The van der Waals surface area contributed by atoms with E-state index >= 15 is 0 Å². The summed E-state index contributed by atoms with van der Waals surface area (Å²) in [5.74, 6) is 0.305. The quantitative estimate of drug-likeness (QED) is 0.742. The number of nitrogens with zero attached hydrogens (tertiary/aromatic N) is 1. The molecule has 0 saturated heterocycles. The number of hydrogen-bond acceptors (Lipinski definition) is 3. The molecule has 106 valence electrons. The van der Waals surface area contributed by atoms with E-state index in [-0.39, 0.29) is 18.4 Å². The van der Waals surface area contributed by atoms with Gasteiger partial charge in [-0.05, 0) is 38.1 Å². The summed E-state index contributed by atoms with van der Waals surface area (Å²) >= 11 is 0. The molecule has 0 aliphatic heterocycles. The second-order valence-electron chi connectivity index (χ2n) is 5.17. The van der Waals surface area contributed by atoms with E-state index in [1.807, 2.05) is 11.9 Å². The lowest BCUT2D eigenvalue weighted by atomic mass is 10.0. The summed E-state index contributed by atoms with van der Waals surface area (Å²) in [6, 6.07) is 4.28. The zero-order valence-electron chi connectivity index (χ0n) is 12.2. The Kier molecular flexibility index (Phi) is 5.48. The van der Waals surface area contributed by atoms with E-state index in [1.165, 1.54) is 25.3 Å². The van der Waals surface area contributed by atoms with E-state index in [2.05, 4.69) is 20.8 Å². The van der Waals surface area contributed by atoms with Gasteiger partial charge in [0.15, 0.2) is 5.78 Å². The number of benzene rings is 1. The molecule has 0 radical (unpaired) electrons. The van der Waals surface area contributed by atoms with Gasteiger partial charge in [0.25, 0.3) is 0 Å². The van der Waals surface area contributed by atoms with Gasteiger partial charge in [0.05, 0.1) is 19.2 Å². The van der Waals surface area contributed by atoms with Gasteiger partial charge in [0.1, 0.15) is 11.6 Å². The number of ketones is 1. The molecule has 1 unspecified atom stereocenters. The lowest BCUT2D eigenvalue weighted by molar-refractivity contribution is 0.0903. The van der Waals surface area contributed by atoms with Crippen molar-refractivity contribution < 1.29 is 13.9 Å². The largest absolute Gasteiger partial charge is 0.496 e. The van der Waals surface area contributed by atoms with Crippen LogP contribution >= 0.6 is 0 Å². The van der Waals surface area contributed by atoms with Crippen LogP contribution in [0.4, 0.5) is 4.39 Å². The molecule has 0 saturated carbocycles. The van der Waals surface area contributed by atoms with Gasteiger partial charge in [-0.3, -0.25) is 9.69 Å². The first kappa shape index (κ1) is 15.6. The Morgan fingerprint density at radius 3 is 2.53 bits per heavy atom. The first-order valence-electron chi connectivity index (χ1n) is 6.43. The van der Waals surface area contributed by atoms with Crippen LogP contribution in [0.15, 0.2) is 18.2 Å². The van der Waals surface area contributed by atoms with Crippen molar-refractivity contribution in [3.8, 4) is 5.75 Å². The summed E-state index contributed by atoms with van der Waals surface area (Å²) in [5.41, 5.74) is 0.297. The van der Waals surface area contributed by atoms with Crippen LogP contribution in [0.3, 0.4) is 0 Å². The van der Waals surface area contributed by atoms with Crippen LogP contribution in [0, 0.1) is 11.7 Å². The molecule has 0 heterocycles. The predicted octanol–water partition coefficient (Wildman–Crippen LogP) is 2.99. The molecular weight excluding hydrogens is 245 g/mol. The number of Topliss-reactive ketones (excluding diaryl/α,β-unsaturated/α-hetero) is 1. The third-order valence-corrected chi connectivity index (χ3v) is 3.52. The number of methoxy groups -OCH3 is 1. The van der Waals surface area contributed by atoms with Gasteiger partial charge in [-0.2, -0.15) is 0 Å². The third-order valence-electron chi connectivity index (χ3n) is 3.52. The molecule has 1 aromatic rings. The molecule has 4 heteroatoms. The Balaban J connectivity index is 2.86. The molecule has 1 rings (SSSR count). The molecule has 0 bridgehead atoms. The summed E-state index contributed by atoms with van der Waals surface area (Å²) in [5, 5.41) is 0. The van der Waals surface area contributed by atoms with E-state index < -0.39 is 5.82 Å². The summed E-state index contributed by atoms with van der Waals surface area (Å²) in [6.45, 7) is 6.53. The maximum absolute atomic E-state index is 13.2. The fourth-order valence-corrected chi connectivity index (χ4v) is 1.86. The number of carbonyl (C=O) groups is 1.